The lowest BCUT2D eigenvalue weighted by Crippen LogP contribution is -2.46. The average Bonchev–Trinajstić information content (AvgIpc) is 2.59. The van der Waals surface area contributed by atoms with Crippen LogP contribution < -0.4 is 20.7 Å². The van der Waals surface area contributed by atoms with E-state index in [9.17, 15) is 14.7 Å². The lowest BCUT2D eigenvalue weighted by atomic mass is 10.2. The normalized spacial score (nSPS) is 11.2. The van der Waals surface area contributed by atoms with Gasteiger partial charge in [-0.2, -0.15) is 4.98 Å². The molecular formula is C16H18N5O4+. The van der Waals surface area contributed by atoms with Crippen molar-refractivity contribution in [1.82, 2.24) is 19.6 Å². The number of aromatic amines is 1. The number of ether oxygens (including phenoxy) is 1. The zero-order valence-electron chi connectivity index (χ0n) is 14.3. The van der Waals surface area contributed by atoms with E-state index in [2.05, 4.69) is 15.1 Å². The molecule has 0 spiro atoms. The summed E-state index contributed by atoms with van der Waals surface area (Å²) in [6.07, 6.45) is 0. The fourth-order valence-electron chi connectivity index (χ4n) is 2.46. The molecule has 0 aliphatic carbocycles. The van der Waals surface area contributed by atoms with E-state index in [1.807, 2.05) is 13.8 Å². The number of phenolic OH excluding ortho intramolecular Hbond substituents is 1. The van der Waals surface area contributed by atoms with Crippen molar-refractivity contribution in [3.8, 4) is 22.9 Å². The van der Waals surface area contributed by atoms with Gasteiger partial charge in [-0.05, 0) is 32.0 Å². The second kappa shape index (κ2) is 6.00. The monoisotopic (exact) mass is 344 g/mol. The highest BCUT2D eigenvalue weighted by molar-refractivity contribution is 5.68. The van der Waals surface area contributed by atoms with Crippen LogP contribution in [0.15, 0.2) is 27.8 Å². The van der Waals surface area contributed by atoms with E-state index in [1.165, 1.54) is 20.2 Å². The number of methoxy groups -OCH3 is 1. The van der Waals surface area contributed by atoms with Crippen molar-refractivity contribution in [2.24, 2.45) is 7.05 Å². The maximum absolute atomic E-state index is 12.5. The fourth-order valence-corrected chi connectivity index (χ4v) is 2.46. The molecule has 25 heavy (non-hydrogen) atoms. The van der Waals surface area contributed by atoms with Crippen LogP contribution in [0.3, 0.4) is 0 Å². The van der Waals surface area contributed by atoms with Gasteiger partial charge in [0, 0.05) is 12.6 Å². The highest BCUT2D eigenvalue weighted by Gasteiger charge is 2.22. The number of phenols is 1. The van der Waals surface area contributed by atoms with E-state index >= 15 is 0 Å². The molecule has 0 bridgehead atoms. The minimum absolute atomic E-state index is 0.0102. The first-order chi connectivity index (χ1) is 11.8. The van der Waals surface area contributed by atoms with Crippen molar-refractivity contribution >= 4 is 11.2 Å². The molecule has 0 saturated carbocycles. The molecule has 2 aromatic heterocycles. The second-order valence-corrected chi connectivity index (χ2v) is 5.85. The first-order valence-corrected chi connectivity index (χ1v) is 7.63. The van der Waals surface area contributed by atoms with E-state index in [4.69, 9.17) is 4.74 Å². The summed E-state index contributed by atoms with van der Waals surface area (Å²) in [5.74, 6) is 0.541. The zero-order valence-corrected chi connectivity index (χ0v) is 14.3. The summed E-state index contributed by atoms with van der Waals surface area (Å²) >= 11 is 0. The molecular weight excluding hydrogens is 326 g/mol. The maximum Gasteiger partial charge on any atom is 0.416 e. The number of aromatic hydroxyl groups is 1. The second-order valence-electron chi connectivity index (χ2n) is 5.85. The Morgan fingerprint density at radius 2 is 2.04 bits per heavy atom. The highest BCUT2D eigenvalue weighted by atomic mass is 16.5. The molecule has 2 N–H and O–H groups in total. The number of rotatable bonds is 3. The van der Waals surface area contributed by atoms with Crippen molar-refractivity contribution in [3.05, 3.63) is 39.0 Å². The molecule has 3 rings (SSSR count). The Bertz CT molecular complexity index is 1080. The predicted molar refractivity (Wildman–Crippen MR) is 89.6 cm³/mol. The number of nitrogens with one attached hydrogen (secondary N) is 1. The van der Waals surface area contributed by atoms with Crippen molar-refractivity contribution in [2.75, 3.05) is 7.11 Å². The van der Waals surface area contributed by atoms with Gasteiger partial charge in [0.05, 0.1) is 7.11 Å². The predicted octanol–water partition coefficient (Wildman–Crippen LogP) is 0.266. The molecule has 9 nitrogen and oxygen atoms in total. The molecule has 0 fully saturated rings. The lowest BCUT2D eigenvalue weighted by Gasteiger charge is -2.09. The highest BCUT2D eigenvalue weighted by Crippen LogP contribution is 2.29. The van der Waals surface area contributed by atoms with E-state index in [0.29, 0.717) is 5.56 Å². The average molecular weight is 344 g/mol. The molecule has 0 aliphatic heterocycles. The van der Waals surface area contributed by atoms with Crippen LogP contribution in [0.2, 0.25) is 0 Å². The molecule has 0 saturated heterocycles. The summed E-state index contributed by atoms with van der Waals surface area (Å²) in [6.45, 7) is 3.76. The van der Waals surface area contributed by atoms with Gasteiger partial charge in [0.2, 0.25) is 11.3 Å². The van der Waals surface area contributed by atoms with Crippen LogP contribution in [0.1, 0.15) is 19.9 Å². The van der Waals surface area contributed by atoms with E-state index in [-0.39, 0.29) is 34.5 Å². The summed E-state index contributed by atoms with van der Waals surface area (Å²) in [5, 5.41) is 14.2. The molecule has 2 heterocycles. The number of H-pyrrole nitrogens is 1. The summed E-state index contributed by atoms with van der Waals surface area (Å²) < 4.78 is 7.61. The molecule has 0 atom stereocenters. The number of benzene rings is 1. The Hall–Kier alpha value is -3.23. The largest absolute Gasteiger partial charge is 0.504 e. The Labute approximate surface area is 142 Å². The number of hydrogen-bond donors (Lipinski definition) is 2. The van der Waals surface area contributed by atoms with Gasteiger partial charge in [-0.15, -0.1) is 4.68 Å². The standard InChI is InChI=1S/C16H17N5O4/c1-8(2)21-14-12(15(23)20(3)16(24)18-14)17-13(19-21)9-5-6-10(22)11(7-9)25-4/h5-8H,1-4H3,(H,19,22)/p+1. The minimum atomic E-state index is -0.533. The molecule has 0 aliphatic rings. The van der Waals surface area contributed by atoms with Crippen molar-refractivity contribution in [3.63, 3.8) is 0 Å². The van der Waals surface area contributed by atoms with E-state index < -0.39 is 11.2 Å². The zero-order chi connectivity index (χ0) is 18.3. The molecule has 0 unspecified atom stereocenters. The van der Waals surface area contributed by atoms with Gasteiger partial charge in [0.25, 0.3) is 5.56 Å². The molecule has 130 valence electrons. The van der Waals surface area contributed by atoms with Crippen LogP contribution in [0, 0.1) is 0 Å². The summed E-state index contributed by atoms with van der Waals surface area (Å²) in [7, 11) is 2.82. The van der Waals surface area contributed by atoms with Gasteiger partial charge < -0.3 is 9.84 Å². The molecule has 0 amide bonds. The van der Waals surface area contributed by atoms with Crippen LogP contribution in [-0.4, -0.2) is 31.9 Å². The first-order valence-electron chi connectivity index (χ1n) is 7.63. The molecule has 1 aromatic carbocycles. The van der Waals surface area contributed by atoms with E-state index in [0.717, 1.165) is 4.57 Å². The summed E-state index contributed by atoms with van der Waals surface area (Å²) in [6, 6.07) is 4.55. The van der Waals surface area contributed by atoms with Crippen LogP contribution in [0.25, 0.3) is 22.6 Å². The minimum Gasteiger partial charge on any atom is -0.504 e. The third-order valence-corrected chi connectivity index (χ3v) is 3.84. The Morgan fingerprint density at radius 1 is 1.32 bits per heavy atom. The number of aromatic nitrogens is 5. The van der Waals surface area contributed by atoms with Gasteiger partial charge in [-0.3, -0.25) is 4.79 Å². The van der Waals surface area contributed by atoms with Gasteiger partial charge in [0.15, 0.2) is 11.5 Å². The van der Waals surface area contributed by atoms with E-state index in [1.54, 1.807) is 16.8 Å². The maximum atomic E-state index is 12.5. The van der Waals surface area contributed by atoms with Crippen LogP contribution >= 0.6 is 0 Å². The van der Waals surface area contributed by atoms with Crippen LogP contribution in [-0.2, 0) is 7.05 Å². The Balaban J connectivity index is 2.38. The van der Waals surface area contributed by atoms with Gasteiger partial charge in [-0.25, -0.2) is 14.3 Å². The summed E-state index contributed by atoms with van der Waals surface area (Å²) in [4.78, 5) is 31.3. The van der Waals surface area contributed by atoms with Crippen molar-refractivity contribution < 1.29 is 14.5 Å². The third kappa shape index (κ3) is 2.73. The lowest BCUT2D eigenvalue weighted by molar-refractivity contribution is -0.749. The Kier molecular flexibility index (Phi) is 3.99. The molecule has 0 radical (unpaired) electrons. The topological polar surface area (TPSA) is 114 Å². The van der Waals surface area contributed by atoms with Crippen LogP contribution in [0.4, 0.5) is 0 Å². The van der Waals surface area contributed by atoms with Gasteiger partial charge in [0.1, 0.15) is 6.04 Å². The van der Waals surface area contributed by atoms with Crippen LogP contribution in [0.5, 0.6) is 11.5 Å². The number of fused-ring (bicyclic) bond motifs is 1. The SMILES string of the molecule is COc1cc(-c2nc3c(=O)n(C)c(=O)[nH]c3[n+](C(C)C)n2)ccc1O. The molecule has 3 aromatic rings. The Morgan fingerprint density at radius 3 is 2.68 bits per heavy atom. The quantitative estimate of drug-likeness (QED) is 0.659. The van der Waals surface area contributed by atoms with Crippen molar-refractivity contribution in [2.45, 2.75) is 19.9 Å². The smallest absolute Gasteiger partial charge is 0.416 e. The number of nitrogens with zero attached hydrogens (tertiary/aromatic N) is 4. The molecule has 9 heteroatoms. The first kappa shape index (κ1) is 16.6. The van der Waals surface area contributed by atoms with Gasteiger partial charge in [-0.1, -0.05) is 5.10 Å². The van der Waals surface area contributed by atoms with Gasteiger partial charge >= 0.3 is 11.3 Å². The fraction of sp³-hybridized carbons (Fsp3) is 0.312. The summed E-state index contributed by atoms with van der Waals surface area (Å²) in [5.41, 5.74) is -0.110. The third-order valence-electron chi connectivity index (χ3n) is 3.84. The number of hydrogen-bond acceptors (Lipinski definition) is 6. The van der Waals surface area contributed by atoms with Crippen molar-refractivity contribution in [1.29, 1.82) is 0 Å².